The maximum atomic E-state index is 12.6. The van der Waals surface area contributed by atoms with Crippen LogP contribution in [0.4, 0.5) is 5.82 Å². The summed E-state index contributed by atoms with van der Waals surface area (Å²) >= 11 is 0. The Labute approximate surface area is 230 Å². The number of unbranched alkanes of at least 4 members (excludes halogenated alkanes) is 1. The van der Waals surface area contributed by atoms with Crippen molar-refractivity contribution in [1.29, 1.82) is 0 Å². The molecule has 0 spiro atoms. The third kappa shape index (κ3) is 5.89. The van der Waals surface area contributed by atoms with Crippen molar-refractivity contribution >= 4 is 22.7 Å². The van der Waals surface area contributed by atoms with Gasteiger partial charge in [0.05, 0.1) is 24.4 Å². The summed E-state index contributed by atoms with van der Waals surface area (Å²) < 4.78 is 13.5. The number of anilines is 1. The van der Waals surface area contributed by atoms with E-state index in [2.05, 4.69) is 22.5 Å². The zero-order valence-corrected chi connectivity index (χ0v) is 23.6. The maximum absolute atomic E-state index is 12.6. The first-order valence-electron chi connectivity index (χ1n) is 14.2. The minimum absolute atomic E-state index is 0.124. The van der Waals surface area contributed by atoms with E-state index >= 15 is 0 Å². The number of rotatable bonds is 11. The van der Waals surface area contributed by atoms with Crippen LogP contribution in [0.1, 0.15) is 67.1 Å². The largest absolute Gasteiger partial charge is 0.497 e. The monoisotopic (exact) mass is 535 g/mol. The number of fused-ring (bicyclic) bond motifs is 2. The van der Waals surface area contributed by atoms with E-state index in [-0.39, 0.29) is 12.1 Å². The highest BCUT2D eigenvalue weighted by atomic mass is 16.5. The van der Waals surface area contributed by atoms with Gasteiger partial charge in [-0.25, -0.2) is 4.98 Å². The molecule has 1 aliphatic heterocycles. The van der Waals surface area contributed by atoms with Crippen molar-refractivity contribution in [3.8, 4) is 5.75 Å². The Kier molecular flexibility index (Phi) is 8.37. The van der Waals surface area contributed by atoms with E-state index in [9.17, 15) is 9.90 Å². The number of ether oxygens (including phenoxy) is 2. The minimum Gasteiger partial charge on any atom is -0.497 e. The highest BCUT2D eigenvalue weighted by Gasteiger charge is 2.37. The summed E-state index contributed by atoms with van der Waals surface area (Å²) in [5.41, 5.74) is 4.86. The van der Waals surface area contributed by atoms with Crippen LogP contribution in [0, 0.1) is 6.92 Å². The van der Waals surface area contributed by atoms with Crippen LogP contribution in [-0.4, -0.2) is 70.2 Å². The summed E-state index contributed by atoms with van der Waals surface area (Å²) in [6.45, 7) is 3.66. The van der Waals surface area contributed by atoms with Crippen molar-refractivity contribution in [1.82, 2.24) is 19.7 Å². The molecule has 3 atom stereocenters. The quantitative estimate of drug-likeness (QED) is 0.342. The van der Waals surface area contributed by atoms with Gasteiger partial charge in [-0.2, -0.15) is 5.10 Å². The van der Waals surface area contributed by atoms with Gasteiger partial charge in [0.15, 0.2) is 0 Å². The molecule has 0 amide bonds. The standard InChI is InChI=1S/C30H41N5O4/c1-19-25-17-24(38-4)18-26(27(25)35(3)33-19)28(30(36)37)34(2)22-12-13-23(16-22)39-15-6-5-9-21-11-10-20-8-7-14-31-29(20)32-21/h10-11,17-18,22-23,28H,5-9,12-16H2,1-4H3,(H,31,32)(H,36,37)/t22-,23-,28-/m0/s1. The Morgan fingerprint density at radius 2 is 2.13 bits per heavy atom. The molecule has 0 unspecified atom stereocenters. The van der Waals surface area contributed by atoms with E-state index in [0.717, 1.165) is 86.2 Å². The Balaban J connectivity index is 1.16. The molecule has 2 N–H and O–H groups in total. The van der Waals surface area contributed by atoms with Gasteiger partial charge in [-0.1, -0.05) is 6.07 Å². The normalized spacial score (nSPS) is 19.7. The van der Waals surface area contributed by atoms with E-state index in [1.54, 1.807) is 11.8 Å². The smallest absolute Gasteiger partial charge is 0.325 e. The number of hydrogen-bond acceptors (Lipinski definition) is 7. The summed E-state index contributed by atoms with van der Waals surface area (Å²) in [5.74, 6) is 0.827. The van der Waals surface area contributed by atoms with Crippen molar-refractivity contribution in [3.63, 3.8) is 0 Å². The van der Waals surface area contributed by atoms with Crippen LogP contribution in [0.15, 0.2) is 24.3 Å². The zero-order chi connectivity index (χ0) is 27.5. The number of nitrogens with zero attached hydrogens (tertiary/aromatic N) is 4. The minimum atomic E-state index is -0.874. The number of aromatic nitrogens is 3. The lowest BCUT2D eigenvalue weighted by Crippen LogP contribution is -2.38. The van der Waals surface area contributed by atoms with Crippen LogP contribution in [-0.2, 0) is 29.4 Å². The Morgan fingerprint density at radius 3 is 2.92 bits per heavy atom. The van der Waals surface area contributed by atoms with Gasteiger partial charge in [-0.05, 0) is 89.1 Å². The summed E-state index contributed by atoms with van der Waals surface area (Å²) in [6.07, 6.45) is 8.11. The number of methoxy groups -OCH3 is 1. The fraction of sp³-hybridized carbons (Fsp3) is 0.567. The van der Waals surface area contributed by atoms with Crippen molar-refractivity contribution in [3.05, 3.63) is 46.8 Å². The topological polar surface area (TPSA) is 102 Å². The fourth-order valence-electron chi connectivity index (χ4n) is 6.26. The maximum Gasteiger partial charge on any atom is 0.325 e. The molecular weight excluding hydrogens is 494 g/mol. The van der Waals surface area contributed by atoms with Crippen LogP contribution in [0.3, 0.4) is 0 Å². The molecule has 3 heterocycles. The van der Waals surface area contributed by atoms with Gasteiger partial charge in [-0.3, -0.25) is 14.4 Å². The molecule has 1 fully saturated rings. The molecule has 1 aliphatic carbocycles. The second-order valence-electron chi connectivity index (χ2n) is 11.0. The van der Waals surface area contributed by atoms with E-state index in [1.807, 2.05) is 38.1 Å². The molecule has 1 aromatic carbocycles. The van der Waals surface area contributed by atoms with Gasteiger partial charge >= 0.3 is 5.97 Å². The van der Waals surface area contributed by atoms with Gasteiger partial charge in [0, 0.05) is 42.9 Å². The molecule has 5 rings (SSSR count). The molecule has 2 aromatic heterocycles. The first-order chi connectivity index (χ1) is 18.9. The number of nitrogens with one attached hydrogen (secondary N) is 1. The predicted molar refractivity (Wildman–Crippen MR) is 152 cm³/mol. The number of carboxylic acid groups (broad SMARTS) is 1. The SMILES string of the molecule is COc1cc([C@@H](C(=O)O)N(C)[C@H]2CC[C@H](OCCCCc3ccc4c(n3)NCCC4)C2)c2c(c1)c(C)nn2C. The molecule has 210 valence electrons. The van der Waals surface area contributed by atoms with Crippen LogP contribution < -0.4 is 10.1 Å². The molecule has 1 saturated carbocycles. The van der Waals surface area contributed by atoms with E-state index in [1.165, 1.54) is 12.0 Å². The van der Waals surface area contributed by atoms with Crippen molar-refractivity contribution in [2.75, 3.05) is 32.6 Å². The Hall–Kier alpha value is -3.17. The number of carbonyl (C=O) groups is 1. The molecule has 3 aromatic rings. The van der Waals surface area contributed by atoms with Crippen LogP contribution >= 0.6 is 0 Å². The number of likely N-dealkylation sites (N-methyl/N-ethyl adjacent to an activating group) is 1. The fourth-order valence-corrected chi connectivity index (χ4v) is 6.26. The number of carboxylic acids is 1. The highest BCUT2D eigenvalue weighted by Crippen LogP contribution is 2.37. The Morgan fingerprint density at radius 1 is 1.28 bits per heavy atom. The summed E-state index contributed by atoms with van der Waals surface area (Å²) in [6, 6.07) is 7.46. The number of pyridine rings is 1. The van der Waals surface area contributed by atoms with Crippen LogP contribution in [0.2, 0.25) is 0 Å². The van der Waals surface area contributed by atoms with Crippen molar-refractivity contribution < 1.29 is 19.4 Å². The summed E-state index contributed by atoms with van der Waals surface area (Å²) in [7, 11) is 5.39. The third-order valence-corrected chi connectivity index (χ3v) is 8.36. The number of hydrogen-bond donors (Lipinski definition) is 2. The molecule has 0 saturated heterocycles. The van der Waals surface area contributed by atoms with Gasteiger partial charge in [0.25, 0.3) is 0 Å². The van der Waals surface area contributed by atoms with Crippen LogP contribution in [0.25, 0.3) is 10.9 Å². The van der Waals surface area contributed by atoms with Crippen molar-refractivity contribution in [2.24, 2.45) is 7.05 Å². The lowest BCUT2D eigenvalue weighted by atomic mass is 9.99. The van der Waals surface area contributed by atoms with Gasteiger partial charge in [0.1, 0.15) is 17.6 Å². The lowest BCUT2D eigenvalue weighted by Gasteiger charge is -2.31. The predicted octanol–water partition coefficient (Wildman–Crippen LogP) is 4.66. The molecule has 2 aliphatic rings. The first kappa shape index (κ1) is 27.4. The van der Waals surface area contributed by atoms with Crippen molar-refractivity contribution in [2.45, 2.75) is 76.5 Å². The Bertz CT molecular complexity index is 1320. The average molecular weight is 536 g/mol. The van der Waals surface area contributed by atoms with Crippen LogP contribution in [0.5, 0.6) is 5.75 Å². The number of benzene rings is 1. The average Bonchev–Trinajstić information content (AvgIpc) is 3.52. The molecule has 39 heavy (non-hydrogen) atoms. The number of aliphatic carboxylic acids is 1. The van der Waals surface area contributed by atoms with Gasteiger partial charge in [-0.15, -0.1) is 0 Å². The van der Waals surface area contributed by atoms with Gasteiger partial charge in [0.2, 0.25) is 0 Å². The van der Waals surface area contributed by atoms with E-state index < -0.39 is 12.0 Å². The molecule has 0 bridgehead atoms. The van der Waals surface area contributed by atoms with E-state index in [4.69, 9.17) is 14.5 Å². The summed E-state index contributed by atoms with van der Waals surface area (Å²) in [4.78, 5) is 19.4. The zero-order valence-electron chi connectivity index (χ0n) is 23.6. The molecule has 0 radical (unpaired) electrons. The highest BCUT2D eigenvalue weighted by molar-refractivity contribution is 5.91. The molecule has 9 heteroatoms. The van der Waals surface area contributed by atoms with Gasteiger partial charge < -0.3 is 19.9 Å². The first-order valence-corrected chi connectivity index (χ1v) is 14.2. The number of aryl methyl sites for hydroxylation is 4. The summed E-state index contributed by atoms with van der Waals surface area (Å²) in [5, 5.41) is 19.2. The second kappa shape index (κ2) is 11.9. The second-order valence-corrected chi connectivity index (χ2v) is 11.0. The molecular formula is C30H41N5O4. The lowest BCUT2D eigenvalue weighted by molar-refractivity contribution is -0.144. The third-order valence-electron chi connectivity index (χ3n) is 8.36. The van der Waals surface area contributed by atoms with E-state index in [0.29, 0.717) is 11.3 Å². The molecule has 9 nitrogen and oxygen atoms in total.